The van der Waals surface area contributed by atoms with Gasteiger partial charge in [0, 0.05) is 69.5 Å². The second kappa shape index (κ2) is 14.9. The van der Waals surface area contributed by atoms with E-state index in [1.165, 1.54) is 0 Å². The highest BCUT2D eigenvalue weighted by atomic mass is 16.7. The van der Waals surface area contributed by atoms with Crippen LogP contribution in [-0.2, 0) is 16.0 Å². The maximum Gasteiger partial charge on any atom is 0.242 e. The minimum absolute atomic E-state index is 0.00203. The molecule has 1 atom stereocenters. The van der Waals surface area contributed by atoms with Gasteiger partial charge in [-0.05, 0) is 50.7 Å². The highest BCUT2D eigenvalue weighted by molar-refractivity contribution is 5.84. The standard InChI is InChI=1S/C30H46N6O4/c1-5-7-9-23-19-28(33-25(18-22(3)4)29(37)31-12-8-17-38-6-2)34-30(32-23)36-15-13-35(14-16-36)24-10-11-26-27(20-24)40-21-39-26/h10-11,19-20,22,25H,5-9,12-18,21H2,1-4H3,(H,31,37)(H,32,33,34)/t25-/m0/s1. The fourth-order valence-electron chi connectivity index (χ4n) is 4.97. The molecule has 1 saturated heterocycles. The number of ether oxygens (including phenoxy) is 3. The summed E-state index contributed by atoms with van der Waals surface area (Å²) in [4.78, 5) is 27.6. The molecule has 1 aromatic carbocycles. The SMILES string of the molecule is CCCCc1cc(N[C@@H](CC(C)C)C(=O)NCCCOCC)nc(N2CCN(c3ccc4c(c3)OCO4)CC2)n1. The number of amides is 1. The molecule has 0 unspecified atom stereocenters. The maximum absolute atomic E-state index is 13.1. The van der Waals surface area contributed by atoms with Gasteiger partial charge in [0.1, 0.15) is 11.9 Å². The lowest BCUT2D eigenvalue weighted by Crippen LogP contribution is -2.47. The smallest absolute Gasteiger partial charge is 0.242 e. The summed E-state index contributed by atoms with van der Waals surface area (Å²) in [6.07, 6.45) is 4.55. The van der Waals surface area contributed by atoms with Crippen LogP contribution in [0.15, 0.2) is 24.3 Å². The van der Waals surface area contributed by atoms with Gasteiger partial charge in [0.25, 0.3) is 0 Å². The van der Waals surface area contributed by atoms with Crippen molar-refractivity contribution in [3.05, 3.63) is 30.0 Å². The van der Waals surface area contributed by atoms with E-state index in [0.717, 1.165) is 87.1 Å². The minimum atomic E-state index is -0.364. The van der Waals surface area contributed by atoms with Crippen molar-refractivity contribution in [2.45, 2.75) is 65.8 Å². The number of nitrogens with one attached hydrogen (secondary N) is 2. The molecular weight excluding hydrogens is 508 g/mol. The number of aryl methyl sites for hydroxylation is 1. The maximum atomic E-state index is 13.1. The molecule has 0 spiro atoms. The van der Waals surface area contributed by atoms with E-state index in [1.807, 2.05) is 19.1 Å². The van der Waals surface area contributed by atoms with Crippen molar-refractivity contribution < 1.29 is 19.0 Å². The largest absolute Gasteiger partial charge is 0.454 e. The lowest BCUT2D eigenvalue weighted by Gasteiger charge is -2.36. The first-order chi connectivity index (χ1) is 19.5. The molecule has 0 saturated carbocycles. The first-order valence-corrected chi connectivity index (χ1v) is 14.9. The van der Waals surface area contributed by atoms with Gasteiger partial charge in [-0.3, -0.25) is 4.79 Å². The summed E-state index contributed by atoms with van der Waals surface area (Å²) in [5.74, 6) is 3.40. The fraction of sp³-hybridized carbons (Fsp3) is 0.633. The average Bonchev–Trinajstić information content (AvgIpc) is 3.43. The average molecular weight is 555 g/mol. The molecule has 1 fully saturated rings. The quantitative estimate of drug-likeness (QED) is 0.313. The number of benzene rings is 1. The highest BCUT2D eigenvalue weighted by Gasteiger charge is 2.24. The fourth-order valence-corrected chi connectivity index (χ4v) is 4.97. The van der Waals surface area contributed by atoms with E-state index in [4.69, 9.17) is 24.2 Å². The van der Waals surface area contributed by atoms with Crippen LogP contribution in [0.25, 0.3) is 0 Å². The molecule has 40 heavy (non-hydrogen) atoms. The number of aromatic nitrogens is 2. The van der Waals surface area contributed by atoms with Crippen LogP contribution in [0.5, 0.6) is 11.5 Å². The Kier molecular flexibility index (Phi) is 11.1. The Balaban J connectivity index is 1.43. The first-order valence-electron chi connectivity index (χ1n) is 14.9. The molecule has 1 amide bonds. The third-order valence-electron chi connectivity index (χ3n) is 7.15. The van der Waals surface area contributed by atoms with E-state index in [9.17, 15) is 4.79 Å². The lowest BCUT2D eigenvalue weighted by atomic mass is 10.0. The topological polar surface area (TPSA) is 101 Å². The number of rotatable bonds is 15. The summed E-state index contributed by atoms with van der Waals surface area (Å²) in [6.45, 7) is 14.0. The normalized spacial score (nSPS) is 15.4. The molecule has 0 bridgehead atoms. The van der Waals surface area contributed by atoms with Gasteiger partial charge in [-0.15, -0.1) is 0 Å². The van der Waals surface area contributed by atoms with Crippen molar-refractivity contribution in [2.75, 3.05) is 67.8 Å². The molecule has 10 nitrogen and oxygen atoms in total. The Bertz CT molecular complexity index is 1090. The summed E-state index contributed by atoms with van der Waals surface area (Å²) >= 11 is 0. The highest BCUT2D eigenvalue weighted by Crippen LogP contribution is 2.35. The molecule has 4 rings (SSSR count). The molecule has 2 N–H and O–H groups in total. The molecule has 2 aliphatic heterocycles. The Hall–Kier alpha value is -3.27. The van der Waals surface area contributed by atoms with Gasteiger partial charge in [0.15, 0.2) is 11.5 Å². The van der Waals surface area contributed by atoms with Crippen molar-refractivity contribution in [2.24, 2.45) is 5.92 Å². The van der Waals surface area contributed by atoms with E-state index in [-0.39, 0.29) is 18.7 Å². The Labute approximate surface area is 238 Å². The predicted molar refractivity (Wildman–Crippen MR) is 159 cm³/mol. The monoisotopic (exact) mass is 554 g/mol. The van der Waals surface area contributed by atoms with Gasteiger partial charge in [-0.25, -0.2) is 4.98 Å². The van der Waals surface area contributed by atoms with E-state index in [2.05, 4.69) is 53.3 Å². The lowest BCUT2D eigenvalue weighted by molar-refractivity contribution is -0.122. The van der Waals surface area contributed by atoms with Crippen LogP contribution in [0.3, 0.4) is 0 Å². The van der Waals surface area contributed by atoms with Gasteiger partial charge in [-0.1, -0.05) is 27.2 Å². The number of piperazine rings is 1. The molecule has 1 aromatic heterocycles. The van der Waals surface area contributed by atoms with Crippen molar-refractivity contribution >= 4 is 23.4 Å². The zero-order chi connectivity index (χ0) is 28.3. The molecular formula is C30H46N6O4. The number of hydrogen-bond donors (Lipinski definition) is 2. The molecule has 0 aliphatic carbocycles. The third kappa shape index (κ3) is 8.36. The van der Waals surface area contributed by atoms with Gasteiger partial charge in [0.05, 0.1) is 0 Å². The van der Waals surface area contributed by atoms with Crippen LogP contribution in [0.4, 0.5) is 17.5 Å². The van der Waals surface area contributed by atoms with E-state index in [1.54, 1.807) is 0 Å². The number of hydrogen-bond acceptors (Lipinski definition) is 9. The molecule has 2 aromatic rings. The number of carbonyl (C=O) groups is 1. The number of carbonyl (C=O) groups excluding carboxylic acids is 1. The Morgan fingerprint density at radius 1 is 1.02 bits per heavy atom. The summed E-state index contributed by atoms with van der Waals surface area (Å²) in [6, 6.07) is 7.77. The van der Waals surface area contributed by atoms with Crippen LogP contribution in [0.2, 0.25) is 0 Å². The predicted octanol–water partition coefficient (Wildman–Crippen LogP) is 4.24. The zero-order valence-corrected chi connectivity index (χ0v) is 24.6. The third-order valence-corrected chi connectivity index (χ3v) is 7.15. The Morgan fingerprint density at radius 2 is 1.80 bits per heavy atom. The van der Waals surface area contributed by atoms with Crippen LogP contribution in [0, 0.1) is 5.92 Å². The van der Waals surface area contributed by atoms with Gasteiger partial charge in [-0.2, -0.15) is 4.98 Å². The van der Waals surface area contributed by atoms with Crippen LogP contribution in [0.1, 0.15) is 59.1 Å². The molecule has 2 aliphatic rings. The number of unbranched alkanes of at least 4 members (excludes halogenated alkanes) is 1. The molecule has 220 valence electrons. The summed E-state index contributed by atoms with van der Waals surface area (Å²) in [7, 11) is 0. The second-order valence-corrected chi connectivity index (χ2v) is 10.8. The first kappa shape index (κ1) is 29.7. The summed E-state index contributed by atoms with van der Waals surface area (Å²) < 4.78 is 16.4. The van der Waals surface area contributed by atoms with Gasteiger partial charge >= 0.3 is 0 Å². The summed E-state index contributed by atoms with van der Waals surface area (Å²) in [5, 5.41) is 6.53. The zero-order valence-electron chi connectivity index (χ0n) is 24.6. The van der Waals surface area contributed by atoms with Crippen molar-refractivity contribution in [1.29, 1.82) is 0 Å². The van der Waals surface area contributed by atoms with Crippen LogP contribution in [-0.4, -0.2) is 74.6 Å². The van der Waals surface area contributed by atoms with E-state index >= 15 is 0 Å². The minimum Gasteiger partial charge on any atom is -0.454 e. The second-order valence-electron chi connectivity index (χ2n) is 10.8. The molecule has 0 radical (unpaired) electrons. The van der Waals surface area contributed by atoms with Gasteiger partial charge in [0.2, 0.25) is 18.6 Å². The number of nitrogens with zero attached hydrogens (tertiary/aromatic N) is 4. The van der Waals surface area contributed by atoms with Crippen molar-refractivity contribution in [1.82, 2.24) is 15.3 Å². The van der Waals surface area contributed by atoms with E-state index < -0.39 is 0 Å². The van der Waals surface area contributed by atoms with Crippen LogP contribution < -0.4 is 29.9 Å². The Morgan fingerprint density at radius 3 is 2.55 bits per heavy atom. The number of anilines is 3. The van der Waals surface area contributed by atoms with Crippen molar-refractivity contribution in [3.8, 4) is 11.5 Å². The number of fused-ring (bicyclic) bond motifs is 1. The summed E-state index contributed by atoms with van der Waals surface area (Å²) in [5.41, 5.74) is 2.14. The van der Waals surface area contributed by atoms with Crippen LogP contribution >= 0.6 is 0 Å². The molecule has 3 heterocycles. The van der Waals surface area contributed by atoms with Crippen molar-refractivity contribution in [3.63, 3.8) is 0 Å². The molecule has 10 heteroatoms. The van der Waals surface area contributed by atoms with E-state index in [0.29, 0.717) is 31.5 Å². The van der Waals surface area contributed by atoms with Gasteiger partial charge < -0.3 is 34.6 Å².